The highest BCUT2D eigenvalue weighted by atomic mass is 35.5. The van der Waals surface area contributed by atoms with Crippen LogP contribution in [0.4, 0.5) is 0 Å². The van der Waals surface area contributed by atoms with Gasteiger partial charge >= 0.3 is 0 Å². The van der Waals surface area contributed by atoms with Gasteiger partial charge in [-0.3, -0.25) is 10.1 Å². The number of hydrogen-bond donors (Lipinski definition) is 2. The second-order valence-corrected chi connectivity index (χ2v) is 11.4. The second-order valence-electron chi connectivity index (χ2n) is 10.2. The molecule has 1 amide bonds. The molecule has 0 radical (unpaired) electrons. The topological polar surface area (TPSA) is 54.3 Å². The molecule has 0 saturated heterocycles. The van der Waals surface area contributed by atoms with Gasteiger partial charge in [-0.05, 0) is 117 Å². The summed E-state index contributed by atoms with van der Waals surface area (Å²) in [4.78, 5) is 12.4. The molecule has 1 heterocycles. The van der Waals surface area contributed by atoms with Crippen LogP contribution < -0.4 is 10.6 Å². The average Bonchev–Trinajstić information content (AvgIpc) is 3.19. The number of nitrogens with one attached hydrogen (secondary N) is 2. The minimum Gasteiger partial charge on any atom is -0.457 e. The fourth-order valence-corrected chi connectivity index (χ4v) is 7.50. The largest absolute Gasteiger partial charge is 0.457 e. The Morgan fingerprint density at radius 3 is 2.30 bits per heavy atom. The van der Waals surface area contributed by atoms with Gasteiger partial charge in [0, 0.05) is 27.7 Å². The number of hydrogen-bond acceptors (Lipinski definition) is 3. The van der Waals surface area contributed by atoms with Gasteiger partial charge in [-0.15, -0.1) is 0 Å². The zero-order valence-corrected chi connectivity index (χ0v) is 20.9. The van der Waals surface area contributed by atoms with Gasteiger partial charge in [0.2, 0.25) is 5.91 Å². The van der Waals surface area contributed by atoms with Gasteiger partial charge in [0.15, 0.2) is 5.11 Å². The predicted octanol–water partition coefficient (Wildman–Crippen LogP) is 6.86. The summed E-state index contributed by atoms with van der Waals surface area (Å²) < 4.78 is 5.80. The standard InChI is InChI=1S/C26H28Cl2N2O2S/c1-15(26-12-16-6-17(13-26)8-18(7-16)14-26)29-25(33)30-24(31)5-3-22-2-4-23(32-22)19-9-20(27)11-21(28)10-19/h2-5,9-11,15-18H,6-8,12-14H2,1H3,(H2,29,30,31,33)/b5-3+. The lowest BCUT2D eigenvalue weighted by Gasteiger charge is -2.59. The van der Waals surface area contributed by atoms with E-state index < -0.39 is 0 Å². The lowest BCUT2D eigenvalue weighted by atomic mass is 9.48. The molecule has 33 heavy (non-hydrogen) atoms. The normalized spacial score (nSPS) is 28.8. The van der Waals surface area contributed by atoms with Crippen molar-refractivity contribution < 1.29 is 9.21 Å². The summed E-state index contributed by atoms with van der Waals surface area (Å²) in [7, 11) is 0. The van der Waals surface area contributed by atoms with Crippen LogP contribution in [-0.4, -0.2) is 17.1 Å². The number of carbonyl (C=O) groups excluding carboxylic acids is 1. The summed E-state index contributed by atoms with van der Waals surface area (Å²) in [5.41, 5.74) is 1.10. The molecule has 2 N–H and O–H groups in total. The van der Waals surface area contributed by atoms with E-state index in [0.717, 1.165) is 23.3 Å². The van der Waals surface area contributed by atoms with Crippen LogP contribution >= 0.6 is 35.4 Å². The number of thiocarbonyl (C=S) groups is 1. The van der Waals surface area contributed by atoms with Crippen molar-refractivity contribution in [1.29, 1.82) is 0 Å². The molecular weight excluding hydrogens is 475 g/mol. The van der Waals surface area contributed by atoms with Gasteiger partial charge in [0.25, 0.3) is 0 Å². The highest BCUT2D eigenvalue weighted by Crippen LogP contribution is 2.61. The minimum absolute atomic E-state index is 0.264. The van der Waals surface area contributed by atoms with E-state index in [1.54, 1.807) is 30.3 Å². The van der Waals surface area contributed by atoms with E-state index in [-0.39, 0.29) is 11.9 Å². The predicted molar refractivity (Wildman–Crippen MR) is 137 cm³/mol. The highest BCUT2D eigenvalue weighted by molar-refractivity contribution is 7.80. The smallest absolute Gasteiger partial charge is 0.250 e. The minimum atomic E-state index is -0.283. The molecule has 1 aromatic heterocycles. The SMILES string of the molecule is CC(NC(=S)NC(=O)/C=C/c1ccc(-c2cc(Cl)cc(Cl)c2)o1)C12CC3CC(CC(C3)C1)C2. The van der Waals surface area contributed by atoms with E-state index >= 15 is 0 Å². The monoisotopic (exact) mass is 502 g/mol. The van der Waals surface area contributed by atoms with Crippen LogP contribution in [0.5, 0.6) is 0 Å². The molecule has 4 bridgehead atoms. The van der Waals surface area contributed by atoms with E-state index in [0.29, 0.717) is 32.1 Å². The first kappa shape index (κ1) is 22.9. The van der Waals surface area contributed by atoms with Crippen molar-refractivity contribution in [3.05, 3.63) is 52.2 Å². The van der Waals surface area contributed by atoms with Gasteiger partial charge in [-0.1, -0.05) is 23.2 Å². The van der Waals surface area contributed by atoms with Gasteiger partial charge in [-0.2, -0.15) is 0 Å². The summed E-state index contributed by atoms with van der Waals surface area (Å²) in [6.45, 7) is 2.23. The van der Waals surface area contributed by atoms with Gasteiger partial charge in [0.05, 0.1) is 0 Å². The maximum atomic E-state index is 12.4. The maximum Gasteiger partial charge on any atom is 0.250 e. The molecular formula is C26H28Cl2N2O2S. The summed E-state index contributed by atoms with van der Waals surface area (Å²) in [5, 5.41) is 7.67. The number of furan rings is 1. The third-order valence-corrected chi connectivity index (χ3v) is 8.42. The van der Waals surface area contributed by atoms with Crippen molar-refractivity contribution in [3.63, 3.8) is 0 Å². The summed E-state index contributed by atoms with van der Waals surface area (Å²) in [6, 6.07) is 9.10. The number of halogens is 2. The summed E-state index contributed by atoms with van der Waals surface area (Å²) in [6.07, 6.45) is 11.2. The molecule has 4 saturated carbocycles. The Labute approximate surface area is 210 Å². The molecule has 4 nitrogen and oxygen atoms in total. The number of benzene rings is 1. The number of amides is 1. The summed E-state index contributed by atoms with van der Waals surface area (Å²) >= 11 is 17.6. The van der Waals surface area contributed by atoms with Crippen molar-refractivity contribution in [2.45, 2.75) is 51.5 Å². The molecule has 4 fully saturated rings. The van der Waals surface area contributed by atoms with Gasteiger partial charge < -0.3 is 9.73 Å². The molecule has 4 aliphatic rings. The quantitative estimate of drug-likeness (QED) is 0.346. The molecule has 1 unspecified atom stereocenters. The molecule has 6 rings (SSSR count). The molecule has 7 heteroatoms. The van der Waals surface area contributed by atoms with Crippen LogP contribution in [-0.2, 0) is 4.79 Å². The Kier molecular flexibility index (Phi) is 6.32. The number of rotatable bonds is 5. The van der Waals surface area contributed by atoms with Crippen LogP contribution in [0, 0.1) is 23.2 Å². The maximum absolute atomic E-state index is 12.4. The van der Waals surface area contributed by atoms with Crippen molar-refractivity contribution in [3.8, 4) is 11.3 Å². The van der Waals surface area contributed by atoms with Gasteiger partial charge in [0.1, 0.15) is 11.5 Å². The van der Waals surface area contributed by atoms with Crippen LogP contribution in [0.15, 0.2) is 40.8 Å². The highest BCUT2D eigenvalue weighted by Gasteiger charge is 2.53. The molecule has 4 aliphatic carbocycles. The Morgan fingerprint density at radius 1 is 1.09 bits per heavy atom. The molecule has 0 spiro atoms. The number of carbonyl (C=O) groups is 1. The van der Waals surface area contributed by atoms with Crippen molar-refractivity contribution in [1.82, 2.24) is 10.6 Å². The van der Waals surface area contributed by atoms with E-state index in [9.17, 15) is 4.79 Å². The Hall–Kier alpha value is -1.82. The van der Waals surface area contributed by atoms with E-state index in [4.69, 9.17) is 39.8 Å². The van der Waals surface area contributed by atoms with Crippen LogP contribution in [0.1, 0.15) is 51.2 Å². The van der Waals surface area contributed by atoms with Crippen LogP contribution in [0.3, 0.4) is 0 Å². The Bertz CT molecular complexity index is 1050. The zero-order valence-electron chi connectivity index (χ0n) is 18.6. The second kappa shape index (κ2) is 9.09. The summed E-state index contributed by atoms with van der Waals surface area (Å²) in [5.74, 6) is 3.54. The van der Waals surface area contributed by atoms with Crippen LogP contribution in [0.25, 0.3) is 17.4 Å². The fraction of sp³-hybridized carbons (Fsp3) is 0.462. The molecule has 1 aromatic carbocycles. The third kappa shape index (κ3) is 5.01. The van der Waals surface area contributed by atoms with Crippen molar-refractivity contribution >= 4 is 52.5 Å². The van der Waals surface area contributed by atoms with E-state index in [1.807, 2.05) is 6.07 Å². The fourth-order valence-electron chi connectivity index (χ4n) is 6.70. The molecule has 0 aliphatic heterocycles. The first-order valence-corrected chi connectivity index (χ1v) is 12.8. The Morgan fingerprint density at radius 2 is 1.70 bits per heavy atom. The van der Waals surface area contributed by atoms with Crippen molar-refractivity contribution in [2.24, 2.45) is 23.2 Å². The Balaban J connectivity index is 1.16. The first-order valence-electron chi connectivity index (χ1n) is 11.6. The average molecular weight is 503 g/mol. The lowest BCUT2D eigenvalue weighted by molar-refractivity contribution is -0.115. The zero-order chi connectivity index (χ0) is 23.2. The van der Waals surface area contributed by atoms with E-state index in [1.165, 1.54) is 44.6 Å². The molecule has 174 valence electrons. The van der Waals surface area contributed by atoms with Gasteiger partial charge in [-0.25, -0.2) is 0 Å². The molecule has 1 atom stereocenters. The molecule has 2 aromatic rings. The first-order chi connectivity index (χ1) is 15.8. The van der Waals surface area contributed by atoms with Crippen LogP contribution in [0.2, 0.25) is 10.0 Å². The lowest BCUT2D eigenvalue weighted by Crippen LogP contribution is -2.57. The van der Waals surface area contributed by atoms with E-state index in [2.05, 4.69) is 17.6 Å². The van der Waals surface area contributed by atoms with Crippen molar-refractivity contribution in [2.75, 3.05) is 0 Å². The third-order valence-electron chi connectivity index (χ3n) is 7.76.